The van der Waals surface area contributed by atoms with Crippen molar-refractivity contribution in [3.63, 3.8) is 0 Å². The Morgan fingerprint density at radius 3 is 2.00 bits per heavy atom. The number of hydrogen-bond donors (Lipinski definition) is 8. The Morgan fingerprint density at radius 1 is 0.950 bits per heavy atom. The summed E-state index contributed by atoms with van der Waals surface area (Å²) in [6.45, 7) is -1.06. The first kappa shape index (κ1) is 18.2. The molecule has 120 valence electrons. The minimum absolute atomic E-state index is 0.0652. The van der Waals surface area contributed by atoms with E-state index in [1.165, 1.54) is 0 Å². The molecule has 1 heterocycles. The molecule has 1 unspecified atom stereocenters. The molecule has 1 saturated heterocycles. The molecule has 0 aromatic carbocycles. The van der Waals surface area contributed by atoms with Gasteiger partial charge in [0.05, 0.1) is 0 Å². The summed E-state index contributed by atoms with van der Waals surface area (Å²) < 4.78 is 0. The monoisotopic (exact) mass is 363 g/mol. The van der Waals surface area contributed by atoms with Crippen LogP contribution < -0.4 is 0 Å². The molecule has 8 N–H and O–H groups in total. The van der Waals surface area contributed by atoms with Crippen molar-refractivity contribution in [2.24, 2.45) is 0 Å². The van der Waals surface area contributed by atoms with E-state index in [1.807, 2.05) is 0 Å². The van der Waals surface area contributed by atoms with Gasteiger partial charge in [0.1, 0.15) is 0 Å². The molecular formula is C11H23O8Se+. The van der Waals surface area contributed by atoms with Crippen LogP contribution in [0.1, 0.15) is 0 Å². The van der Waals surface area contributed by atoms with Crippen molar-refractivity contribution in [3.8, 4) is 0 Å². The van der Waals surface area contributed by atoms with Crippen molar-refractivity contribution < 1.29 is 40.9 Å². The number of hydrogen-bond acceptors (Lipinski definition) is 8. The fourth-order valence-electron chi connectivity index (χ4n) is 2.17. The standard InChI is InChI=1S/C11H23O8Se/c12-1-5(14)10(18)11(19)7(16)4-20-3-6(15)9(17)8(20)2-13/h5-19H,1-4H2/q+1/t5-,6+,7+,8+,9-,10+,11-,20?/m0/s1. The first-order chi connectivity index (χ1) is 9.33. The van der Waals surface area contributed by atoms with Gasteiger partial charge in [-0.05, 0) is 0 Å². The summed E-state index contributed by atoms with van der Waals surface area (Å²) in [5.74, 6) is 0. The molecule has 0 aromatic heterocycles. The molecule has 9 heteroatoms. The van der Waals surface area contributed by atoms with Crippen LogP contribution in [0.3, 0.4) is 0 Å². The first-order valence-electron chi connectivity index (χ1n) is 6.29. The summed E-state index contributed by atoms with van der Waals surface area (Å²) in [6.07, 6.45) is -8.24. The molecule has 0 saturated carbocycles. The predicted molar refractivity (Wildman–Crippen MR) is 69.3 cm³/mol. The van der Waals surface area contributed by atoms with E-state index in [4.69, 9.17) is 5.11 Å². The maximum absolute atomic E-state index is 9.86. The summed E-state index contributed by atoms with van der Waals surface area (Å²) in [5.41, 5.74) is 0. The van der Waals surface area contributed by atoms with Gasteiger partial charge in [-0.1, -0.05) is 0 Å². The van der Waals surface area contributed by atoms with Gasteiger partial charge in [-0.2, -0.15) is 0 Å². The van der Waals surface area contributed by atoms with E-state index in [0.29, 0.717) is 0 Å². The van der Waals surface area contributed by atoms with Gasteiger partial charge in [-0.25, -0.2) is 0 Å². The second-order valence-corrected chi connectivity index (χ2v) is 9.87. The summed E-state index contributed by atoms with van der Waals surface area (Å²) in [6, 6.07) is 0. The molecule has 1 aliphatic rings. The Morgan fingerprint density at radius 2 is 1.50 bits per heavy atom. The maximum atomic E-state index is 9.86. The van der Waals surface area contributed by atoms with Crippen molar-refractivity contribution in [3.05, 3.63) is 0 Å². The van der Waals surface area contributed by atoms with Crippen LogP contribution in [-0.4, -0.2) is 105 Å². The molecular weight excluding hydrogens is 339 g/mol. The molecule has 0 radical (unpaired) electrons. The second-order valence-electron chi connectivity index (χ2n) is 4.95. The van der Waals surface area contributed by atoms with Crippen LogP contribution in [0.15, 0.2) is 0 Å². The molecule has 0 spiro atoms. The minimum atomic E-state index is -1.77. The Bertz CT molecular complexity index is 294. The molecule has 1 fully saturated rings. The third kappa shape index (κ3) is 4.11. The fourth-order valence-corrected chi connectivity index (χ4v) is 7.81. The van der Waals surface area contributed by atoms with Crippen LogP contribution in [0.4, 0.5) is 0 Å². The van der Waals surface area contributed by atoms with E-state index >= 15 is 0 Å². The molecule has 0 bridgehead atoms. The van der Waals surface area contributed by atoms with Crippen LogP contribution in [0.25, 0.3) is 0 Å². The van der Waals surface area contributed by atoms with E-state index in [-0.39, 0.29) is 17.2 Å². The first-order valence-corrected chi connectivity index (χ1v) is 9.71. The molecule has 0 aromatic rings. The topological polar surface area (TPSA) is 162 Å². The Hall–Kier alpha value is 0.199. The molecule has 1 aliphatic heterocycles. The second kappa shape index (κ2) is 8.00. The predicted octanol–water partition coefficient (Wildman–Crippen LogP) is -3.98. The number of aliphatic hydroxyl groups is 8. The third-order valence-corrected chi connectivity index (χ3v) is 9.40. The van der Waals surface area contributed by atoms with Crippen LogP contribution in [0.5, 0.6) is 0 Å². The Balaban J connectivity index is 2.59. The Kier molecular flexibility index (Phi) is 7.30. The van der Waals surface area contributed by atoms with Crippen molar-refractivity contribution in [2.75, 3.05) is 13.2 Å². The zero-order valence-corrected chi connectivity index (χ0v) is 12.6. The Labute approximate surface area is 120 Å². The number of rotatable bonds is 7. The van der Waals surface area contributed by atoms with Crippen LogP contribution >= 0.6 is 0 Å². The third-order valence-electron chi connectivity index (χ3n) is 3.48. The van der Waals surface area contributed by atoms with Gasteiger partial charge in [-0.3, -0.25) is 0 Å². The zero-order chi connectivity index (χ0) is 15.4. The fraction of sp³-hybridized carbons (Fsp3) is 1.00. The van der Waals surface area contributed by atoms with Crippen LogP contribution in [0.2, 0.25) is 15.5 Å². The summed E-state index contributed by atoms with van der Waals surface area (Å²) in [4.78, 5) is -0.494. The van der Waals surface area contributed by atoms with Crippen LogP contribution in [-0.2, 0) is 0 Å². The normalized spacial score (nSPS) is 36.6. The number of aliphatic hydroxyl groups excluding tert-OH is 8. The van der Waals surface area contributed by atoms with E-state index < -0.39 is 61.9 Å². The van der Waals surface area contributed by atoms with Gasteiger partial charge < -0.3 is 0 Å². The van der Waals surface area contributed by atoms with Gasteiger partial charge in [-0.15, -0.1) is 0 Å². The molecule has 0 amide bonds. The molecule has 8 atom stereocenters. The summed E-state index contributed by atoms with van der Waals surface area (Å²) in [7, 11) is 0. The summed E-state index contributed by atoms with van der Waals surface area (Å²) >= 11 is -1.77. The molecule has 1 rings (SSSR count). The van der Waals surface area contributed by atoms with E-state index in [9.17, 15) is 35.7 Å². The average molecular weight is 362 g/mol. The molecule has 0 aliphatic carbocycles. The molecule has 20 heavy (non-hydrogen) atoms. The van der Waals surface area contributed by atoms with E-state index in [0.717, 1.165) is 0 Å². The van der Waals surface area contributed by atoms with E-state index in [1.54, 1.807) is 0 Å². The average Bonchev–Trinajstić information content (AvgIpc) is 2.70. The van der Waals surface area contributed by atoms with Crippen molar-refractivity contribution in [2.45, 2.75) is 52.1 Å². The van der Waals surface area contributed by atoms with Gasteiger partial charge in [0.2, 0.25) is 0 Å². The van der Waals surface area contributed by atoms with Crippen LogP contribution in [0, 0.1) is 0 Å². The van der Waals surface area contributed by atoms with Gasteiger partial charge in [0, 0.05) is 0 Å². The SMILES string of the molecule is OC[C@@H]1[C@@H](O)[C@H](O)C[Se+]1C[C@@H](O)[C@H](O)[C@H](O)[C@@H](O)CO. The quantitative estimate of drug-likeness (QED) is 0.213. The van der Waals surface area contributed by atoms with Gasteiger partial charge in [0.15, 0.2) is 0 Å². The van der Waals surface area contributed by atoms with Crippen molar-refractivity contribution >= 4 is 13.9 Å². The summed E-state index contributed by atoms with van der Waals surface area (Å²) in [5, 5.41) is 75.7. The van der Waals surface area contributed by atoms with Gasteiger partial charge >= 0.3 is 120 Å². The zero-order valence-electron chi connectivity index (χ0n) is 10.9. The molecule has 8 nitrogen and oxygen atoms in total. The van der Waals surface area contributed by atoms with Crippen molar-refractivity contribution in [1.82, 2.24) is 0 Å². The van der Waals surface area contributed by atoms with Crippen molar-refractivity contribution in [1.29, 1.82) is 0 Å². The van der Waals surface area contributed by atoms with Gasteiger partial charge in [0.25, 0.3) is 0 Å². The van der Waals surface area contributed by atoms with E-state index in [2.05, 4.69) is 0 Å².